The highest BCUT2D eigenvalue weighted by Crippen LogP contribution is 2.29. The summed E-state index contributed by atoms with van der Waals surface area (Å²) in [5.74, 6) is -0.0613. The van der Waals surface area contributed by atoms with E-state index < -0.39 is 5.97 Å². The van der Waals surface area contributed by atoms with E-state index in [-0.39, 0.29) is 5.43 Å². The van der Waals surface area contributed by atoms with Gasteiger partial charge in [0.15, 0.2) is 5.43 Å². The molecule has 0 aliphatic carbocycles. The van der Waals surface area contributed by atoms with Gasteiger partial charge in [0.25, 0.3) is 0 Å². The van der Waals surface area contributed by atoms with Gasteiger partial charge in [-0.25, -0.2) is 4.98 Å². The molecule has 0 unspecified atom stereocenters. The Kier molecular flexibility index (Phi) is 5.07. The number of fused-ring (bicyclic) bond motifs is 2. The van der Waals surface area contributed by atoms with E-state index in [2.05, 4.69) is 29.0 Å². The van der Waals surface area contributed by atoms with Crippen molar-refractivity contribution >= 4 is 39.0 Å². The van der Waals surface area contributed by atoms with Crippen LogP contribution in [0.15, 0.2) is 41.5 Å². The quantitative estimate of drug-likeness (QED) is 0.296. The molecule has 2 aromatic heterocycles. The number of imidazole rings is 1. The molecule has 150 valence electrons. The van der Waals surface area contributed by atoms with Crippen LogP contribution in [0.1, 0.15) is 20.8 Å². The number of carbonyl (C=O) groups excluding carboxylic acids is 1. The van der Waals surface area contributed by atoms with Crippen LogP contribution >= 0.6 is 0 Å². The third-order valence-electron chi connectivity index (χ3n) is 5.31. The van der Waals surface area contributed by atoms with Gasteiger partial charge in [-0.05, 0) is 43.4 Å². The third kappa shape index (κ3) is 3.38. The molecule has 0 atom stereocenters. The number of aromatic nitrogens is 2. The van der Waals surface area contributed by atoms with E-state index in [1.165, 1.54) is 6.92 Å². The molecule has 2 heterocycles. The van der Waals surface area contributed by atoms with E-state index in [1.54, 1.807) is 24.5 Å². The maximum atomic E-state index is 13.4. The second-order valence-corrected chi connectivity index (χ2v) is 7.03. The van der Waals surface area contributed by atoms with Gasteiger partial charge in [-0.15, -0.1) is 0 Å². The first-order valence-electron chi connectivity index (χ1n) is 9.87. The fraction of sp³-hybridized carbons (Fsp3) is 0.318. The predicted molar refractivity (Wildman–Crippen MR) is 115 cm³/mol. The van der Waals surface area contributed by atoms with Gasteiger partial charge in [-0.1, -0.05) is 13.8 Å². The summed E-state index contributed by atoms with van der Waals surface area (Å²) in [7, 11) is 0. The summed E-state index contributed by atoms with van der Waals surface area (Å²) < 4.78 is 7.11. The summed E-state index contributed by atoms with van der Waals surface area (Å²) in [6.07, 6.45) is 1.73. The fourth-order valence-electron chi connectivity index (χ4n) is 3.83. The minimum absolute atomic E-state index is 0.0991. The first-order valence-corrected chi connectivity index (χ1v) is 9.87. The van der Waals surface area contributed by atoms with E-state index in [0.29, 0.717) is 16.5 Å². The molecule has 7 nitrogen and oxygen atoms in total. The van der Waals surface area contributed by atoms with Crippen LogP contribution in [-0.2, 0) is 4.79 Å². The number of benzene rings is 2. The lowest BCUT2D eigenvalue weighted by molar-refractivity contribution is -0.131. The topological polar surface area (TPSA) is 75.9 Å². The van der Waals surface area contributed by atoms with Crippen molar-refractivity contribution < 1.29 is 9.53 Å². The van der Waals surface area contributed by atoms with Crippen molar-refractivity contribution in [1.29, 1.82) is 0 Å². The van der Waals surface area contributed by atoms with E-state index in [1.807, 2.05) is 16.5 Å². The third-order valence-corrected chi connectivity index (χ3v) is 5.31. The molecule has 0 amide bonds. The Hall–Kier alpha value is -3.19. The zero-order chi connectivity index (χ0) is 20.5. The standard InChI is InChI=1S/C22H24N4O3/c1-4-25(5-2)11-10-23-17-7-8-18-21-20(17)22(28)16-12-15(29-14(3)27)6-9-19(16)26(21)13-24-18/h6-9,12-13,23H,4-5,10-11H2,1-3H3. The summed E-state index contributed by atoms with van der Waals surface area (Å²) in [5.41, 5.74) is 3.01. The van der Waals surface area contributed by atoms with Gasteiger partial charge in [0.1, 0.15) is 12.1 Å². The minimum atomic E-state index is -0.419. The highest BCUT2D eigenvalue weighted by atomic mass is 16.5. The van der Waals surface area contributed by atoms with Crippen LogP contribution in [0.5, 0.6) is 5.75 Å². The number of ether oxygens (including phenoxy) is 1. The maximum Gasteiger partial charge on any atom is 0.308 e. The summed E-state index contributed by atoms with van der Waals surface area (Å²) in [4.78, 5) is 31.5. The van der Waals surface area contributed by atoms with Crippen molar-refractivity contribution in [3.63, 3.8) is 0 Å². The zero-order valence-corrected chi connectivity index (χ0v) is 16.9. The SMILES string of the molecule is CCN(CC)CCNc1ccc2ncn3c4ccc(OC(C)=O)cc4c(=O)c1c23. The van der Waals surface area contributed by atoms with Crippen molar-refractivity contribution in [1.82, 2.24) is 14.3 Å². The predicted octanol–water partition coefficient (Wildman–Crippen LogP) is 3.12. The maximum absolute atomic E-state index is 13.4. The first kappa shape index (κ1) is 19.1. The van der Waals surface area contributed by atoms with Crippen molar-refractivity contribution in [2.45, 2.75) is 20.8 Å². The number of nitrogens with one attached hydrogen (secondary N) is 1. The number of hydrogen-bond acceptors (Lipinski definition) is 6. The number of esters is 1. The summed E-state index contributed by atoms with van der Waals surface area (Å²) in [6.45, 7) is 9.23. The molecular formula is C22H24N4O3. The van der Waals surface area contributed by atoms with Crippen LogP contribution in [0, 0.1) is 0 Å². The normalized spacial score (nSPS) is 11.7. The smallest absolute Gasteiger partial charge is 0.308 e. The summed E-state index contributed by atoms with van der Waals surface area (Å²) >= 11 is 0. The summed E-state index contributed by atoms with van der Waals surface area (Å²) in [5, 5.41) is 4.52. The Labute approximate surface area is 168 Å². The van der Waals surface area contributed by atoms with Crippen LogP contribution in [-0.4, -0.2) is 46.4 Å². The van der Waals surface area contributed by atoms with E-state index in [4.69, 9.17) is 4.74 Å². The van der Waals surface area contributed by atoms with Crippen molar-refractivity contribution in [3.05, 3.63) is 46.9 Å². The molecule has 4 rings (SSSR count). The van der Waals surface area contributed by atoms with Gasteiger partial charge in [0.05, 0.1) is 27.3 Å². The lowest BCUT2D eigenvalue weighted by Crippen LogP contribution is -2.28. The Morgan fingerprint density at radius 2 is 2.00 bits per heavy atom. The molecule has 0 spiro atoms. The van der Waals surface area contributed by atoms with E-state index >= 15 is 0 Å². The number of likely N-dealkylation sites (N-methyl/N-ethyl adjacent to an activating group) is 1. The molecule has 0 saturated carbocycles. The fourth-order valence-corrected chi connectivity index (χ4v) is 3.83. The Bertz CT molecular complexity index is 1240. The van der Waals surface area contributed by atoms with Crippen LogP contribution in [0.2, 0.25) is 0 Å². The lowest BCUT2D eigenvalue weighted by atomic mass is 10.1. The number of anilines is 1. The molecule has 0 fully saturated rings. The molecular weight excluding hydrogens is 368 g/mol. The Balaban J connectivity index is 1.85. The van der Waals surface area contributed by atoms with Crippen LogP contribution in [0.3, 0.4) is 0 Å². The van der Waals surface area contributed by atoms with Gasteiger partial charge >= 0.3 is 5.97 Å². The van der Waals surface area contributed by atoms with Crippen LogP contribution in [0.25, 0.3) is 27.3 Å². The molecule has 0 saturated heterocycles. The van der Waals surface area contributed by atoms with Crippen molar-refractivity contribution in [2.24, 2.45) is 0 Å². The molecule has 1 N–H and O–H groups in total. The van der Waals surface area contributed by atoms with E-state index in [0.717, 1.165) is 48.4 Å². The monoisotopic (exact) mass is 392 g/mol. The number of pyridine rings is 1. The van der Waals surface area contributed by atoms with Gasteiger partial charge in [0.2, 0.25) is 0 Å². The molecule has 0 aliphatic heterocycles. The zero-order valence-electron chi connectivity index (χ0n) is 16.9. The summed E-state index contributed by atoms with van der Waals surface area (Å²) in [6, 6.07) is 8.95. The molecule has 29 heavy (non-hydrogen) atoms. The minimum Gasteiger partial charge on any atom is -0.427 e. The molecule has 0 radical (unpaired) electrons. The largest absolute Gasteiger partial charge is 0.427 e. The van der Waals surface area contributed by atoms with Crippen LogP contribution in [0.4, 0.5) is 5.69 Å². The van der Waals surface area contributed by atoms with Crippen LogP contribution < -0.4 is 15.5 Å². The molecule has 0 bridgehead atoms. The molecule has 4 aromatic rings. The number of hydrogen-bond donors (Lipinski definition) is 1. The van der Waals surface area contributed by atoms with Crippen molar-refractivity contribution in [2.75, 3.05) is 31.5 Å². The first-order chi connectivity index (χ1) is 14.0. The van der Waals surface area contributed by atoms with Gasteiger partial charge in [0, 0.05) is 25.7 Å². The molecule has 7 heteroatoms. The lowest BCUT2D eigenvalue weighted by Gasteiger charge is -2.19. The highest BCUT2D eigenvalue weighted by Gasteiger charge is 2.17. The Morgan fingerprint density at radius 3 is 2.72 bits per heavy atom. The van der Waals surface area contributed by atoms with E-state index in [9.17, 15) is 9.59 Å². The second-order valence-electron chi connectivity index (χ2n) is 7.03. The molecule has 2 aromatic carbocycles. The highest BCUT2D eigenvalue weighted by molar-refractivity contribution is 6.07. The second kappa shape index (κ2) is 7.67. The number of carbonyl (C=O) groups is 1. The average Bonchev–Trinajstić information content (AvgIpc) is 3.14. The van der Waals surface area contributed by atoms with Gasteiger partial charge in [-0.2, -0.15) is 0 Å². The number of nitrogens with zero attached hydrogens (tertiary/aromatic N) is 3. The van der Waals surface area contributed by atoms with Gasteiger partial charge < -0.3 is 15.0 Å². The van der Waals surface area contributed by atoms with Crippen molar-refractivity contribution in [3.8, 4) is 5.75 Å². The average molecular weight is 392 g/mol. The Morgan fingerprint density at radius 1 is 1.21 bits per heavy atom. The molecule has 0 aliphatic rings. The van der Waals surface area contributed by atoms with Gasteiger partial charge in [-0.3, -0.25) is 14.0 Å². The number of rotatable bonds is 7.